The predicted molar refractivity (Wildman–Crippen MR) is 61.5 cm³/mol. The highest BCUT2D eigenvalue weighted by Crippen LogP contribution is 2.23. The fourth-order valence-electron chi connectivity index (χ4n) is 1.36. The molecule has 2 amide bonds. The van der Waals surface area contributed by atoms with E-state index < -0.39 is 53.1 Å². The fraction of sp³-hybridized carbons (Fsp3) is 0.273. The maximum atomic E-state index is 13.3. The molecule has 2 atom stereocenters. The summed E-state index contributed by atoms with van der Waals surface area (Å²) in [6.07, 6.45) is -1.52. The van der Waals surface area contributed by atoms with Crippen molar-refractivity contribution in [2.45, 2.75) is 19.1 Å². The first kappa shape index (κ1) is 16.7. The van der Waals surface area contributed by atoms with E-state index in [1.165, 1.54) is 5.32 Å². The number of carboxylic acid groups (broad SMARTS) is 1. The van der Waals surface area contributed by atoms with Gasteiger partial charge >= 0.3 is 12.0 Å². The van der Waals surface area contributed by atoms with Crippen LogP contribution in [0.25, 0.3) is 0 Å². The van der Waals surface area contributed by atoms with Gasteiger partial charge in [-0.3, -0.25) is 0 Å². The molecule has 0 aliphatic rings. The molecule has 1 rings (SSSR count). The largest absolute Gasteiger partial charge is 0.480 e. The number of anilines is 1. The number of nitrogens with one attached hydrogen (secondary N) is 2. The Morgan fingerprint density at radius 3 is 2.00 bits per heavy atom. The zero-order valence-electron chi connectivity index (χ0n) is 10.5. The number of carbonyl (C=O) groups excluding carboxylic acids is 1. The Hall–Kier alpha value is -2.36. The third-order valence-corrected chi connectivity index (χ3v) is 2.39. The molecule has 0 unspecified atom stereocenters. The third-order valence-electron chi connectivity index (χ3n) is 2.39. The van der Waals surface area contributed by atoms with Crippen LogP contribution in [0.2, 0.25) is 0 Å². The van der Waals surface area contributed by atoms with E-state index in [9.17, 15) is 27.2 Å². The highest BCUT2D eigenvalue weighted by atomic mass is 19.2. The molecular weight excluding hydrogens is 300 g/mol. The first-order valence-corrected chi connectivity index (χ1v) is 5.46. The van der Waals surface area contributed by atoms with Crippen LogP contribution in [-0.4, -0.2) is 34.4 Å². The van der Waals surface area contributed by atoms with Crippen molar-refractivity contribution in [1.29, 1.82) is 0 Å². The number of hydrogen-bond acceptors (Lipinski definition) is 3. The molecule has 116 valence electrons. The number of aliphatic hydroxyl groups excluding tert-OH is 1. The molecule has 0 aliphatic carbocycles. The summed E-state index contributed by atoms with van der Waals surface area (Å²) in [7, 11) is 0. The first-order chi connectivity index (χ1) is 9.65. The lowest BCUT2D eigenvalue weighted by Gasteiger charge is -2.17. The van der Waals surface area contributed by atoms with Crippen molar-refractivity contribution in [2.75, 3.05) is 5.32 Å². The van der Waals surface area contributed by atoms with Crippen LogP contribution in [-0.2, 0) is 4.79 Å². The number of aliphatic carboxylic acids is 1. The number of carbonyl (C=O) groups is 2. The molecule has 0 aliphatic heterocycles. The Labute approximate surface area is 115 Å². The summed E-state index contributed by atoms with van der Waals surface area (Å²) in [6.45, 7) is 1.04. The maximum Gasteiger partial charge on any atom is 0.328 e. The number of hydrogen-bond donors (Lipinski definition) is 4. The number of benzene rings is 1. The molecule has 21 heavy (non-hydrogen) atoms. The summed E-state index contributed by atoms with van der Waals surface area (Å²) in [5, 5.41) is 20.9. The molecule has 6 nitrogen and oxygen atoms in total. The van der Waals surface area contributed by atoms with E-state index in [1.54, 1.807) is 5.32 Å². The van der Waals surface area contributed by atoms with Gasteiger partial charge in [-0.15, -0.1) is 0 Å². The van der Waals surface area contributed by atoms with Crippen molar-refractivity contribution in [3.8, 4) is 0 Å². The summed E-state index contributed by atoms with van der Waals surface area (Å²) in [5.41, 5.74) is -1.42. The van der Waals surface area contributed by atoms with Crippen LogP contribution in [0.1, 0.15) is 6.92 Å². The molecular formula is C11H10F4N2O4. The van der Waals surface area contributed by atoms with Crippen molar-refractivity contribution >= 4 is 17.7 Å². The number of halogens is 4. The maximum absolute atomic E-state index is 13.3. The Balaban J connectivity index is 2.97. The van der Waals surface area contributed by atoms with E-state index >= 15 is 0 Å². The lowest BCUT2D eigenvalue weighted by Crippen LogP contribution is -2.49. The average Bonchev–Trinajstić information content (AvgIpc) is 2.38. The highest BCUT2D eigenvalue weighted by Gasteiger charge is 2.27. The highest BCUT2D eigenvalue weighted by molar-refractivity contribution is 5.92. The Morgan fingerprint density at radius 2 is 1.62 bits per heavy atom. The van der Waals surface area contributed by atoms with Gasteiger partial charge < -0.3 is 20.8 Å². The quantitative estimate of drug-likeness (QED) is 0.496. The minimum Gasteiger partial charge on any atom is -0.480 e. The summed E-state index contributed by atoms with van der Waals surface area (Å²) < 4.78 is 52.3. The smallest absolute Gasteiger partial charge is 0.328 e. The molecule has 0 saturated heterocycles. The van der Waals surface area contributed by atoms with Gasteiger partial charge in [0.1, 0.15) is 5.69 Å². The van der Waals surface area contributed by atoms with Crippen molar-refractivity contribution < 1.29 is 37.4 Å². The van der Waals surface area contributed by atoms with E-state index in [2.05, 4.69) is 0 Å². The molecule has 0 radical (unpaired) electrons. The predicted octanol–water partition coefficient (Wildman–Crippen LogP) is 1.20. The molecule has 1 aromatic carbocycles. The molecule has 0 fully saturated rings. The topological polar surface area (TPSA) is 98.7 Å². The monoisotopic (exact) mass is 310 g/mol. The van der Waals surface area contributed by atoms with Crippen molar-refractivity contribution in [2.24, 2.45) is 0 Å². The van der Waals surface area contributed by atoms with E-state index in [-0.39, 0.29) is 6.07 Å². The average molecular weight is 310 g/mol. The second kappa shape index (κ2) is 6.39. The number of aliphatic hydroxyl groups is 1. The first-order valence-electron chi connectivity index (χ1n) is 5.46. The zero-order valence-corrected chi connectivity index (χ0v) is 10.5. The summed E-state index contributed by atoms with van der Waals surface area (Å²) >= 11 is 0. The van der Waals surface area contributed by atoms with Crippen LogP contribution >= 0.6 is 0 Å². The summed E-state index contributed by atoms with van der Waals surface area (Å²) in [5.74, 6) is -8.81. The fourth-order valence-corrected chi connectivity index (χ4v) is 1.36. The number of rotatable bonds is 4. The van der Waals surface area contributed by atoms with Gasteiger partial charge in [-0.05, 0) is 6.92 Å². The van der Waals surface area contributed by atoms with Crippen LogP contribution < -0.4 is 10.6 Å². The van der Waals surface area contributed by atoms with Gasteiger partial charge in [0.05, 0.1) is 6.10 Å². The second-order valence-electron chi connectivity index (χ2n) is 4.00. The number of urea groups is 1. The summed E-state index contributed by atoms with van der Waals surface area (Å²) in [6, 6.07) is -3.30. The lowest BCUT2D eigenvalue weighted by molar-refractivity contribution is -0.141. The van der Waals surface area contributed by atoms with Gasteiger partial charge in [-0.1, -0.05) is 0 Å². The second-order valence-corrected chi connectivity index (χ2v) is 4.00. The van der Waals surface area contributed by atoms with Crippen LogP contribution in [0.3, 0.4) is 0 Å². The van der Waals surface area contributed by atoms with Gasteiger partial charge in [0.25, 0.3) is 0 Å². The summed E-state index contributed by atoms with van der Waals surface area (Å²) in [4.78, 5) is 22.1. The van der Waals surface area contributed by atoms with Crippen molar-refractivity contribution in [3.63, 3.8) is 0 Å². The van der Waals surface area contributed by atoms with Gasteiger partial charge in [-0.2, -0.15) is 0 Å². The molecule has 0 saturated carbocycles. The molecule has 10 heteroatoms. The Morgan fingerprint density at radius 1 is 1.14 bits per heavy atom. The van der Waals surface area contributed by atoms with Crippen LogP contribution in [0.15, 0.2) is 6.07 Å². The molecule has 0 spiro atoms. The van der Waals surface area contributed by atoms with E-state index in [1.807, 2.05) is 0 Å². The minimum atomic E-state index is -1.85. The number of carboxylic acids is 1. The normalized spacial score (nSPS) is 13.4. The molecule has 0 bridgehead atoms. The van der Waals surface area contributed by atoms with Gasteiger partial charge in [0.15, 0.2) is 29.3 Å². The van der Waals surface area contributed by atoms with Gasteiger partial charge in [0, 0.05) is 6.07 Å². The van der Waals surface area contributed by atoms with Gasteiger partial charge in [0.2, 0.25) is 0 Å². The molecule has 4 N–H and O–H groups in total. The molecule has 0 aromatic heterocycles. The van der Waals surface area contributed by atoms with Crippen molar-refractivity contribution in [3.05, 3.63) is 29.3 Å². The minimum absolute atomic E-state index is 0.0520. The Kier molecular flexibility index (Phi) is 5.08. The standard InChI is InChI=1S/C11H10F4N2O4/c1-3(18)8(10(19)20)16-11(21)17-9-6(14)4(12)2-5(13)7(9)15/h2-3,8,18H,1H3,(H,19,20)(H2,16,17,21)/t3-,8+/m1/s1. The third kappa shape index (κ3) is 3.81. The Bertz CT molecular complexity index is 554. The van der Waals surface area contributed by atoms with Gasteiger partial charge in [-0.25, -0.2) is 27.2 Å². The van der Waals surface area contributed by atoms with Crippen LogP contribution in [0, 0.1) is 23.3 Å². The zero-order chi connectivity index (χ0) is 16.3. The lowest BCUT2D eigenvalue weighted by atomic mass is 10.2. The van der Waals surface area contributed by atoms with E-state index in [4.69, 9.17) is 10.2 Å². The van der Waals surface area contributed by atoms with E-state index in [0.717, 1.165) is 6.92 Å². The molecule has 0 heterocycles. The van der Waals surface area contributed by atoms with Crippen LogP contribution in [0.5, 0.6) is 0 Å². The van der Waals surface area contributed by atoms with Crippen LogP contribution in [0.4, 0.5) is 28.0 Å². The number of amides is 2. The molecule has 1 aromatic rings. The van der Waals surface area contributed by atoms with E-state index in [0.29, 0.717) is 0 Å². The van der Waals surface area contributed by atoms with Crippen molar-refractivity contribution in [1.82, 2.24) is 5.32 Å². The SMILES string of the molecule is C[C@@H](O)[C@H](NC(=O)Nc1c(F)c(F)cc(F)c1F)C(=O)O.